The zero-order valence-electron chi connectivity index (χ0n) is 61.2. The first-order chi connectivity index (χ1) is 52.0. The van der Waals surface area contributed by atoms with E-state index in [1.54, 1.807) is 49.5 Å². The van der Waals surface area contributed by atoms with Crippen molar-refractivity contribution < 1.29 is 124 Å². The number of aromatic nitrogens is 6. The highest BCUT2D eigenvalue weighted by atomic mass is 16.7. The van der Waals surface area contributed by atoms with Gasteiger partial charge in [0, 0.05) is 49.4 Å². The Labute approximate surface area is 616 Å². The Morgan fingerprint density at radius 3 is 1.28 bits per heavy atom. The van der Waals surface area contributed by atoms with Gasteiger partial charge >= 0.3 is 35.8 Å². The molecule has 0 radical (unpaired) electrons. The van der Waals surface area contributed by atoms with Gasteiger partial charge in [-0.2, -0.15) is 0 Å². The zero-order chi connectivity index (χ0) is 75.2. The molecule has 7 heterocycles. The monoisotopic (exact) mass is 1490 g/mol. The van der Waals surface area contributed by atoms with E-state index in [4.69, 9.17) is 94.7 Å². The summed E-state index contributed by atoms with van der Waals surface area (Å²) >= 11 is 0. The molecule has 3 fully saturated rings. The fourth-order valence-electron chi connectivity index (χ4n) is 15.5. The topological polar surface area (TPSA) is 348 Å². The highest BCUT2D eigenvalue weighted by Gasteiger charge is 2.57. The van der Waals surface area contributed by atoms with Crippen molar-refractivity contribution in [2.24, 2.45) is 23.7 Å². The van der Waals surface area contributed by atoms with E-state index in [1.807, 2.05) is 48.5 Å². The smallest absolute Gasteiger partial charge is 0.310 e. The fourth-order valence-corrected chi connectivity index (χ4v) is 15.5. The number of benzene rings is 4. The SMILES string of the molecule is CCCC(=O)OC[C@H]1O[C@@H](OC(COCc2cn([C@@H]3c4cc5c(cc4[C@@H](c4cc(OC)c(OC)c(OC)c4)[C@H]4C(=O)OC[C@@H]43)OCO5)nn2)COCc2cn([C@@H]3c4cc5c(cc4[C@@H](c4cc(OC)c(OC)c(OC)c4)[C@H]4C(=O)OC[C@@H]43)OCO5)nn2)[C@H](OC(=O)CCC)[C@@H](OC(=O)CCC)[C@@H]1OC(=O)CCC. The largest absolute Gasteiger partial charge is 0.493 e. The van der Waals surface area contributed by atoms with Gasteiger partial charge in [0.25, 0.3) is 0 Å². The molecule has 0 unspecified atom stereocenters. The molecular formula is C75H88N6O26. The first-order valence-corrected chi connectivity index (χ1v) is 35.9. The molecule has 7 aliphatic rings. The van der Waals surface area contributed by atoms with Crippen LogP contribution in [-0.4, -0.2) is 192 Å². The van der Waals surface area contributed by atoms with Crippen molar-refractivity contribution in [1.82, 2.24) is 30.0 Å². The predicted octanol–water partition coefficient (Wildman–Crippen LogP) is 7.75. The van der Waals surface area contributed by atoms with Gasteiger partial charge in [0.1, 0.15) is 30.2 Å². The summed E-state index contributed by atoms with van der Waals surface area (Å²) in [6.07, 6.45) is -3.88. The van der Waals surface area contributed by atoms with Crippen molar-refractivity contribution in [1.29, 1.82) is 0 Å². The molecule has 2 aromatic heterocycles. The lowest BCUT2D eigenvalue weighted by atomic mass is 9.65. The van der Waals surface area contributed by atoms with Crippen molar-refractivity contribution in [3.05, 3.63) is 106 Å². The van der Waals surface area contributed by atoms with Crippen LogP contribution in [0.15, 0.2) is 60.9 Å². The number of methoxy groups -OCH3 is 6. The van der Waals surface area contributed by atoms with Gasteiger partial charge in [-0.15, -0.1) is 10.2 Å². The number of nitrogens with zero attached hydrogens (tertiary/aromatic N) is 6. The molecule has 0 spiro atoms. The molecule has 2 aliphatic carbocycles. The number of ether oxygens (including phenoxy) is 20. The van der Waals surface area contributed by atoms with E-state index < -0.39 is 127 Å². The number of carbonyl (C=O) groups excluding carboxylic acids is 6. The van der Waals surface area contributed by atoms with Crippen LogP contribution in [0.4, 0.5) is 0 Å². The molecule has 574 valence electrons. The van der Waals surface area contributed by atoms with E-state index in [-0.39, 0.29) is 78.9 Å². The van der Waals surface area contributed by atoms with Gasteiger partial charge in [0.2, 0.25) is 25.1 Å². The second kappa shape index (κ2) is 33.3. The van der Waals surface area contributed by atoms with Gasteiger partial charge < -0.3 is 94.7 Å². The van der Waals surface area contributed by atoms with Gasteiger partial charge in [-0.3, -0.25) is 28.8 Å². The number of rotatable bonds is 33. The van der Waals surface area contributed by atoms with E-state index in [9.17, 15) is 28.8 Å². The molecule has 107 heavy (non-hydrogen) atoms. The molecule has 32 heteroatoms. The summed E-state index contributed by atoms with van der Waals surface area (Å²) in [6.45, 7) is 5.75. The van der Waals surface area contributed by atoms with Gasteiger partial charge in [0.15, 0.2) is 70.6 Å². The van der Waals surface area contributed by atoms with E-state index in [1.165, 1.54) is 42.7 Å². The number of hydrogen-bond acceptors (Lipinski definition) is 30. The third-order valence-electron chi connectivity index (χ3n) is 20.1. The number of carbonyl (C=O) groups is 6. The maximum atomic E-state index is 14.2. The molecule has 13 atom stereocenters. The minimum Gasteiger partial charge on any atom is -0.493 e. The molecule has 0 amide bonds. The van der Waals surface area contributed by atoms with E-state index >= 15 is 0 Å². The molecule has 4 aromatic carbocycles. The first-order valence-electron chi connectivity index (χ1n) is 35.9. The number of hydrogen-bond donors (Lipinski definition) is 0. The summed E-state index contributed by atoms with van der Waals surface area (Å²) in [5.41, 5.74) is 5.12. The average Bonchev–Trinajstić information content (AvgIpc) is 1.66. The summed E-state index contributed by atoms with van der Waals surface area (Å²) in [4.78, 5) is 82.7. The van der Waals surface area contributed by atoms with Gasteiger partial charge in [-0.05, 0) is 108 Å². The van der Waals surface area contributed by atoms with Crippen LogP contribution < -0.4 is 47.4 Å². The molecule has 0 bridgehead atoms. The highest BCUT2D eigenvalue weighted by molar-refractivity contribution is 5.80. The summed E-state index contributed by atoms with van der Waals surface area (Å²) in [6, 6.07) is 13.5. The minimum absolute atomic E-state index is 0.0174. The highest BCUT2D eigenvalue weighted by Crippen LogP contribution is 2.59. The molecule has 32 nitrogen and oxygen atoms in total. The second-order valence-corrected chi connectivity index (χ2v) is 26.8. The molecule has 0 saturated carbocycles. The fraction of sp³-hybridized carbons (Fsp3) is 0.547. The molecule has 3 saturated heterocycles. The van der Waals surface area contributed by atoms with Gasteiger partial charge in [-0.1, -0.05) is 38.1 Å². The standard InChI is InChI=1S/C75H88N6O26/c1-11-15-58(82)96-35-57-70(105-59(83)16-12-2)71(106-60(84)17-13-3)72(107-61(85)18-14-4)75(104-57)103-42(31-94-29-40-27-80(78-76-40)66-45-25-51-49(99-36-101-51)23-43(45)62(64-47(66)33-97-73(64)86)38-19-53(88-5)68(92-9)54(20-38)89-6)32-95-30-41-28-81(79-77-41)67-46-26-52-50(100-37-102-52)24-44(46)63(65-48(67)34-98-74(65)87)39-21-55(90-7)69(93-10)56(22-39)91-8/h19-28,42,47-48,57,62-67,70-72,75H,11-18,29-37H2,1-10H3/t47-,48-,57+,62+,63+,64-,65-,66+,67+,70+,71-,72+,75+/m0/s1. The van der Waals surface area contributed by atoms with Crippen LogP contribution in [0.2, 0.25) is 0 Å². The number of esters is 6. The van der Waals surface area contributed by atoms with Crippen LogP contribution in [0.5, 0.6) is 57.5 Å². The second-order valence-electron chi connectivity index (χ2n) is 26.8. The Bertz CT molecular complexity index is 3980. The minimum atomic E-state index is -1.64. The molecular weight excluding hydrogens is 1400 g/mol. The summed E-state index contributed by atoms with van der Waals surface area (Å²) in [5.74, 6) is -2.84. The maximum absolute atomic E-state index is 14.2. The van der Waals surface area contributed by atoms with Crippen LogP contribution in [-0.2, 0) is 89.3 Å². The van der Waals surface area contributed by atoms with Crippen molar-refractivity contribution in [3.8, 4) is 57.5 Å². The van der Waals surface area contributed by atoms with Crippen LogP contribution >= 0.6 is 0 Å². The lowest BCUT2D eigenvalue weighted by molar-refractivity contribution is -0.322. The Kier molecular flexibility index (Phi) is 23.4. The van der Waals surface area contributed by atoms with Crippen molar-refractivity contribution >= 4 is 35.8 Å². The van der Waals surface area contributed by atoms with Crippen LogP contribution in [0.3, 0.4) is 0 Å². The lowest BCUT2D eigenvalue weighted by Crippen LogP contribution is -2.63. The van der Waals surface area contributed by atoms with Crippen molar-refractivity contribution in [2.75, 3.05) is 89.3 Å². The molecule has 13 rings (SSSR count). The Morgan fingerprint density at radius 1 is 0.486 bits per heavy atom. The quantitative estimate of drug-likeness (QED) is 0.0280. The first kappa shape index (κ1) is 75.1. The van der Waals surface area contributed by atoms with Crippen LogP contribution in [0.1, 0.15) is 148 Å². The van der Waals surface area contributed by atoms with E-state index in [0.29, 0.717) is 106 Å². The zero-order valence-corrected chi connectivity index (χ0v) is 61.2. The lowest BCUT2D eigenvalue weighted by Gasteiger charge is -2.45. The van der Waals surface area contributed by atoms with Crippen molar-refractivity contribution in [3.63, 3.8) is 0 Å². The third kappa shape index (κ3) is 15.3. The van der Waals surface area contributed by atoms with Crippen LogP contribution in [0.25, 0.3) is 0 Å². The molecule has 5 aliphatic heterocycles. The number of fused-ring (bicyclic) bond motifs is 6. The summed E-state index contributed by atoms with van der Waals surface area (Å²) in [5, 5.41) is 18.5. The van der Waals surface area contributed by atoms with Crippen LogP contribution in [0, 0.1) is 23.7 Å². The summed E-state index contributed by atoms with van der Waals surface area (Å²) < 4.78 is 124. The Balaban J connectivity index is 0.820. The van der Waals surface area contributed by atoms with Gasteiger partial charge in [-0.25, -0.2) is 9.36 Å². The average molecular weight is 1490 g/mol. The van der Waals surface area contributed by atoms with Crippen molar-refractivity contribution in [2.45, 2.75) is 153 Å². The summed E-state index contributed by atoms with van der Waals surface area (Å²) in [7, 11) is 9.11. The normalized spacial score (nSPS) is 24.1. The molecule has 0 N–H and O–H groups in total. The maximum Gasteiger partial charge on any atom is 0.310 e. The Hall–Kier alpha value is -10.2. The van der Waals surface area contributed by atoms with E-state index in [2.05, 4.69) is 20.6 Å². The van der Waals surface area contributed by atoms with Gasteiger partial charge in [0.05, 0.1) is 119 Å². The third-order valence-corrected chi connectivity index (χ3v) is 20.1. The Morgan fingerprint density at radius 2 is 0.879 bits per heavy atom. The number of cyclic esters (lactones) is 2. The molecule has 6 aromatic rings. The van der Waals surface area contributed by atoms with E-state index in [0.717, 1.165) is 22.3 Å². The predicted molar refractivity (Wildman–Crippen MR) is 366 cm³/mol.